The summed E-state index contributed by atoms with van der Waals surface area (Å²) in [5.74, 6) is -0.207. The minimum Gasteiger partial charge on any atom is -0.371 e. The molecule has 0 aliphatic heterocycles. The fourth-order valence-corrected chi connectivity index (χ4v) is 2.19. The Morgan fingerprint density at radius 1 is 1.35 bits per heavy atom. The molecular weight excluding hydrogens is 255 g/mol. The minimum atomic E-state index is -0.207. The van der Waals surface area contributed by atoms with Crippen LogP contribution in [0.2, 0.25) is 0 Å². The summed E-state index contributed by atoms with van der Waals surface area (Å²) < 4.78 is 15.1. The summed E-state index contributed by atoms with van der Waals surface area (Å²) in [4.78, 5) is 2.17. The quantitative estimate of drug-likeness (QED) is 0.841. The van der Waals surface area contributed by atoms with Gasteiger partial charge in [0.15, 0.2) is 0 Å². The van der Waals surface area contributed by atoms with Crippen molar-refractivity contribution in [1.82, 2.24) is 9.78 Å². The molecule has 1 aromatic heterocycles. The second kappa shape index (κ2) is 7.05. The number of anilines is 1. The Hall–Kier alpha value is -1.88. The summed E-state index contributed by atoms with van der Waals surface area (Å²) in [6, 6.07) is 6.71. The lowest BCUT2D eigenvalue weighted by molar-refractivity contribution is 0.625. The number of nitrogens with two attached hydrogens (primary N) is 1. The van der Waals surface area contributed by atoms with E-state index in [1.54, 1.807) is 16.8 Å². The van der Waals surface area contributed by atoms with Crippen LogP contribution in [0.4, 0.5) is 10.1 Å². The van der Waals surface area contributed by atoms with Crippen molar-refractivity contribution in [3.63, 3.8) is 0 Å². The molecule has 5 heteroatoms. The van der Waals surface area contributed by atoms with Crippen LogP contribution in [-0.4, -0.2) is 29.4 Å². The molecule has 0 atom stereocenters. The van der Waals surface area contributed by atoms with E-state index >= 15 is 0 Å². The molecule has 0 aliphatic rings. The predicted octanol–water partition coefficient (Wildman–Crippen LogP) is 1.96. The van der Waals surface area contributed by atoms with Gasteiger partial charge >= 0.3 is 0 Å². The van der Waals surface area contributed by atoms with Crippen molar-refractivity contribution in [3.05, 3.63) is 48.0 Å². The van der Waals surface area contributed by atoms with Crippen LogP contribution in [0.3, 0.4) is 0 Å². The topological polar surface area (TPSA) is 47.1 Å². The largest absolute Gasteiger partial charge is 0.371 e. The Kier molecular flexibility index (Phi) is 5.12. The molecule has 2 rings (SSSR count). The van der Waals surface area contributed by atoms with Gasteiger partial charge in [0.25, 0.3) is 0 Å². The Labute approximate surface area is 119 Å². The predicted molar refractivity (Wildman–Crippen MR) is 79.2 cm³/mol. The number of nitrogens with zero attached hydrogens (tertiary/aromatic N) is 3. The summed E-state index contributed by atoms with van der Waals surface area (Å²) in [5.41, 5.74) is 7.67. The van der Waals surface area contributed by atoms with Crippen LogP contribution < -0.4 is 10.6 Å². The van der Waals surface area contributed by atoms with Crippen LogP contribution in [-0.2, 0) is 13.5 Å². The summed E-state index contributed by atoms with van der Waals surface area (Å²) >= 11 is 0. The highest BCUT2D eigenvalue weighted by Crippen LogP contribution is 2.16. The van der Waals surface area contributed by atoms with E-state index in [2.05, 4.69) is 10.00 Å². The van der Waals surface area contributed by atoms with Crippen molar-refractivity contribution in [1.29, 1.82) is 0 Å². The van der Waals surface area contributed by atoms with Crippen LogP contribution in [0.25, 0.3) is 0 Å². The third-order valence-corrected chi connectivity index (χ3v) is 3.23. The second-order valence-corrected chi connectivity index (χ2v) is 4.88. The molecule has 2 N–H and O–H groups in total. The highest BCUT2D eigenvalue weighted by molar-refractivity contribution is 5.46. The van der Waals surface area contributed by atoms with Crippen LogP contribution in [0.5, 0.6) is 0 Å². The van der Waals surface area contributed by atoms with Crippen molar-refractivity contribution < 1.29 is 4.39 Å². The van der Waals surface area contributed by atoms with Crippen molar-refractivity contribution in [2.45, 2.75) is 12.8 Å². The van der Waals surface area contributed by atoms with Gasteiger partial charge in [-0.15, -0.1) is 0 Å². The molecule has 1 heterocycles. The smallest absolute Gasteiger partial charge is 0.125 e. The minimum absolute atomic E-state index is 0.207. The number of aryl methyl sites for hydroxylation is 1. The number of rotatable bonds is 7. The van der Waals surface area contributed by atoms with Crippen LogP contribution in [0.15, 0.2) is 36.7 Å². The molecule has 0 fully saturated rings. The summed E-state index contributed by atoms with van der Waals surface area (Å²) in [7, 11) is 1.91. The first-order valence-electron chi connectivity index (χ1n) is 6.87. The van der Waals surface area contributed by atoms with Crippen LogP contribution in [0, 0.1) is 5.82 Å². The second-order valence-electron chi connectivity index (χ2n) is 4.88. The van der Waals surface area contributed by atoms with Gasteiger partial charge in [-0.2, -0.15) is 5.10 Å². The fraction of sp³-hybridized carbons (Fsp3) is 0.400. The zero-order valence-corrected chi connectivity index (χ0v) is 11.8. The van der Waals surface area contributed by atoms with E-state index in [1.807, 2.05) is 25.5 Å². The highest BCUT2D eigenvalue weighted by Gasteiger charge is 2.08. The maximum absolute atomic E-state index is 13.4. The highest BCUT2D eigenvalue weighted by atomic mass is 19.1. The third-order valence-electron chi connectivity index (χ3n) is 3.23. The SMILES string of the molecule is Cn1cc(CCN(CCCN)c2cccc(F)c2)cn1. The molecule has 2 aromatic rings. The number of hydrogen-bond acceptors (Lipinski definition) is 3. The molecule has 0 bridgehead atoms. The molecule has 0 spiro atoms. The molecule has 108 valence electrons. The molecule has 0 unspecified atom stereocenters. The zero-order chi connectivity index (χ0) is 14.4. The average Bonchev–Trinajstić information content (AvgIpc) is 2.85. The van der Waals surface area contributed by atoms with Crippen molar-refractivity contribution in [3.8, 4) is 0 Å². The van der Waals surface area contributed by atoms with Gasteiger partial charge in [-0.3, -0.25) is 4.68 Å². The molecule has 0 amide bonds. The molecule has 0 aliphatic carbocycles. The monoisotopic (exact) mass is 276 g/mol. The molecule has 4 nitrogen and oxygen atoms in total. The third kappa shape index (κ3) is 4.06. The maximum Gasteiger partial charge on any atom is 0.125 e. The summed E-state index contributed by atoms with van der Waals surface area (Å²) in [5, 5.41) is 4.16. The Balaban J connectivity index is 2.03. The van der Waals surface area contributed by atoms with Crippen LogP contribution in [0.1, 0.15) is 12.0 Å². The van der Waals surface area contributed by atoms with E-state index in [9.17, 15) is 4.39 Å². The van der Waals surface area contributed by atoms with E-state index < -0.39 is 0 Å². The molecule has 20 heavy (non-hydrogen) atoms. The van der Waals surface area contributed by atoms with Crippen molar-refractivity contribution in [2.24, 2.45) is 12.8 Å². The van der Waals surface area contributed by atoms with Gasteiger partial charge in [-0.05, 0) is 43.1 Å². The van der Waals surface area contributed by atoms with E-state index in [1.165, 1.54) is 11.6 Å². The number of halogens is 1. The van der Waals surface area contributed by atoms with E-state index in [0.29, 0.717) is 6.54 Å². The van der Waals surface area contributed by atoms with Gasteiger partial charge in [-0.25, -0.2) is 4.39 Å². The lowest BCUT2D eigenvalue weighted by Crippen LogP contribution is -2.28. The van der Waals surface area contributed by atoms with Crippen molar-refractivity contribution in [2.75, 3.05) is 24.5 Å². The number of benzene rings is 1. The van der Waals surface area contributed by atoms with Gasteiger partial charge in [0, 0.05) is 32.0 Å². The zero-order valence-electron chi connectivity index (χ0n) is 11.8. The fourth-order valence-electron chi connectivity index (χ4n) is 2.19. The maximum atomic E-state index is 13.4. The van der Waals surface area contributed by atoms with E-state index in [-0.39, 0.29) is 5.82 Å². The Bertz CT molecular complexity index is 538. The number of aromatic nitrogens is 2. The van der Waals surface area contributed by atoms with Gasteiger partial charge in [0.1, 0.15) is 5.82 Å². The average molecular weight is 276 g/mol. The van der Waals surface area contributed by atoms with Crippen LogP contribution >= 0.6 is 0 Å². The molecule has 0 saturated carbocycles. The lowest BCUT2D eigenvalue weighted by atomic mass is 10.2. The molecule has 1 aromatic carbocycles. The summed E-state index contributed by atoms with van der Waals surface area (Å²) in [6.07, 6.45) is 5.65. The van der Waals surface area contributed by atoms with E-state index in [4.69, 9.17) is 5.73 Å². The lowest BCUT2D eigenvalue weighted by Gasteiger charge is -2.24. The Morgan fingerprint density at radius 3 is 2.85 bits per heavy atom. The van der Waals surface area contributed by atoms with Gasteiger partial charge in [0.2, 0.25) is 0 Å². The van der Waals surface area contributed by atoms with Gasteiger partial charge in [-0.1, -0.05) is 6.07 Å². The Morgan fingerprint density at radius 2 is 2.20 bits per heavy atom. The summed E-state index contributed by atoms with van der Waals surface area (Å²) in [6.45, 7) is 2.30. The first-order chi connectivity index (χ1) is 9.69. The first kappa shape index (κ1) is 14.5. The normalized spacial score (nSPS) is 10.8. The standard InChI is InChI=1S/C15H21FN4/c1-19-12-13(11-18-19)6-9-20(8-3-7-17)15-5-2-4-14(16)10-15/h2,4-5,10-12H,3,6-9,17H2,1H3. The first-order valence-corrected chi connectivity index (χ1v) is 6.87. The van der Waals surface area contributed by atoms with Crippen molar-refractivity contribution >= 4 is 5.69 Å². The molecule has 0 radical (unpaired) electrons. The van der Waals surface area contributed by atoms with Gasteiger partial charge in [0.05, 0.1) is 6.20 Å². The van der Waals surface area contributed by atoms with E-state index in [0.717, 1.165) is 31.6 Å². The molecular formula is C15H21FN4. The van der Waals surface area contributed by atoms with Gasteiger partial charge < -0.3 is 10.6 Å². The molecule has 0 saturated heterocycles. The number of hydrogen-bond donors (Lipinski definition) is 1.